The van der Waals surface area contributed by atoms with Crippen molar-refractivity contribution in [3.8, 4) is 6.07 Å². The van der Waals surface area contributed by atoms with Crippen LogP contribution in [0.25, 0.3) is 0 Å². The largest absolute Gasteiger partial charge is 0.366 e. The van der Waals surface area contributed by atoms with Crippen LogP contribution >= 0.6 is 15.9 Å². The predicted molar refractivity (Wildman–Crippen MR) is 77.1 cm³/mol. The molecule has 19 heavy (non-hydrogen) atoms. The van der Waals surface area contributed by atoms with Crippen molar-refractivity contribution in [1.82, 2.24) is 0 Å². The van der Waals surface area contributed by atoms with Gasteiger partial charge in [0.15, 0.2) is 0 Å². The van der Waals surface area contributed by atoms with Crippen molar-refractivity contribution in [3.63, 3.8) is 0 Å². The summed E-state index contributed by atoms with van der Waals surface area (Å²) in [5, 5.41) is 12.0. The average molecular weight is 316 g/mol. The Morgan fingerprint density at radius 3 is 2.68 bits per heavy atom. The molecule has 0 aliphatic heterocycles. The Morgan fingerprint density at radius 2 is 2.00 bits per heavy atom. The molecule has 2 aromatic carbocycles. The summed E-state index contributed by atoms with van der Waals surface area (Å²) in [6, 6.07) is 14.2. The Balaban J connectivity index is 2.31. The molecular formula is C14H10BrN3O. The summed E-state index contributed by atoms with van der Waals surface area (Å²) < 4.78 is 0.806. The molecule has 0 saturated heterocycles. The van der Waals surface area contributed by atoms with E-state index in [1.165, 1.54) is 0 Å². The number of carbonyl (C=O) groups is 1. The second-order valence-electron chi connectivity index (χ2n) is 3.91. The molecule has 0 saturated carbocycles. The highest BCUT2D eigenvalue weighted by atomic mass is 79.9. The van der Waals surface area contributed by atoms with Gasteiger partial charge in [0.05, 0.1) is 11.6 Å². The van der Waals surface area contributed by atoms with Gasteiger partial charge in [0.2, 0.25) is 5.91 Å². The van der Waals surface area contributed by atoms with Crippen molar-refractivity contribution in [2.24, 2.45) is 5.73 Å². The highest BCUT2D eigenvalue weighted by Gasteiger charge is 2.03. The van der Waals surface area contributed by atoms with Crippen LogP contribution in [0.4, 0.5) is 11.4 Å². The highest BCUT2D eigenvalue weighted by Crippen LogP contribution is 2.23. The first-order valence-corrected chi connectivity index (χ1v) is 6.25. The molecule has 4 nitrogen and oxygen atoms in total. The first-order valence-electron chi connectivity index (χ1n) is 5.46. The number of nitrogens with one attached hydrogen (secondary N) is 1. The molecular weight excluding hydrogens is 306 g/mol. The van der Waals surface area contributed by atoms with Crippen LogP contribution in [0, 0.1) is 11.3 Å². The Labute approximate surface area is 119 Å². The Morgan fingerprint density at radius 1 is 1.21 bits per heavy atom. The van der Waals surface area contributed by atoms with E-state index in [9.17, 15) is 4.79 Å². The summed E-state index contributed by atoms with van der Waals surface area (Å²) in [6.45, 7) is 0. The van der Waals surface area contributed by atoms with Gasteiger partial charge in [0.25, 0.3) is 0 Å². The summed E-state index contributed by atoms with van der Waals surface area (Å²) >= 11 is 3.34. The fraction of sp³-hybridized carbons (Fsp3) is 0. The Kier molecular flexibility index (Phi) is 3.83. The lowest BCUT2D eigenvalue weighted by molar-refractivity contribution is 0.100. The number of rotatable bonds is 3. The van der Waals surface area contributed by atoms with E-state index in [-0.39, 0.29) is 0 Å². The Hall–Kier alpha value is -2.32. The smallest absolute Gasteiger partial charge is 0.248 e. The molecule has 0 atom stereocenters. The summed E-state index contributed by atoms with van der Waals surface area (Å²) in [4.78, 5) is 11.1. The number of hydrogen-bond acceptors (Lipinski definition) is 3. The monoisotopic (exact) mass is 315 g/mol. The third-order valence-electron chi connectivity index (χ3n) is 2.46. The third-order valence-corrected chi connectivity index (χ3v) is 2.92. The van der Waals surface area contributed by atoms with Gasteiger partial charge < -0.3 is 11.1 Å². The second kappa shape index (κ2) is 5.55. The van der Waals surface area contributed by atoms with Gasteiger partial charge in [-0.25, -0.2) is 0 Å². The molecule has 0 bridgehead atoms. The van der Waals surface area contributed by atoms with E-state index in [1.807, 2.05) is 12.1 Å². The summed E-state index contributed by atoms with van der Waals surface area (Å²) in [5.74, 6) is -0.476. The van der Waals surface area contributed by atoms with Gasteiger partial charge in [0, 0.05) is 21.4 Å². The minimum Gasteiger partial charge on any atom is -0.366 e. The van der Waals surface area contributed by atoms with Crippen LogP contribution in [0.5, 0.6) is 0 Å². The van der Waals surface area contributed by atoms with Gasteiger partial charge >= 0.3 is 0 Å². The SMILES string of the molecule is N#Cc1cc(Br)cc(Nc2cccc(C(N)=O)c2)c1. The van der Waals surface area contributed by atoms with Crippen LogP contribution in [0.3, 0.4) is 0 Å². The standard InChI is InChI=1S/C14H10BrN3O/c15-11-4-9(8-16)5-13(7-11)18-12-3-1-2-10(6-12)14(17)19/h1-7,18H,(H2,17,19). The van der Waals surface area contributed by atoms with Crippen molar-refractivity contribution >= 4 is 33.2 Å². The number of halogens is 1. The maximum absolute atomic E-state index is 11.1. The molecule has 0 fully saturated rings. The lowest BCUT2D eigenvalue weighted by Crippen LogP contribution is -2.10. The molecule has 0 radical (unpaired) electrons. The van der Waals surface area contributed by atoms with E-state index in [2.05, 4.69) is 27.3 Å². The number of nitrogens with two attached hydrogens (primary N) is 1. The van der Waals surface area contributed by atoms with Gasteiger partial charge in [-0.1, -0.05) is 22.0 Å². The molecule has 1 amide bonds. The topological polar surface area (TPSA) is 78.9 Å². The zero-order valence-corrected chi connectivity index (χ0v) is 11.4. The minimum absolute atomic E-state index is 0.431. The van der Waals surface area contributed by atoms with E-state index in [0.717, 1.165) is 15.8 Å². The number of nitriles is 1. The lowest BCUT2D eigenvalue weighted by Gasteiger charge is -2.08. The maximum Gasteiger partial charge on any atom is 0.248 e. The summed E-state index contributed by atoms with van der Waals surface area (Å²) in [6.07, 6.45) is 0. The Bertz CT molecular complexity index is 677. The van der Waals surface area contributed by atoms with E-state index in [0.29, 0.717) is 11.1 Å². The first kappa shape index (κ1) is 13.1. The van der Waals surface area contributed by atoms with E-state index < -0.39 is 5.91 Å². The second-order valence-corrected chi connectivity index (χ2v) is 4.83. The quantitative estimate of drug-likeness (QED) is 0.913. The molecule has 94 valence electrons. The van der Waals surface area contributed by atoms with E-state index in [4.69, 9.17) is 11.0 Å². The van der Waals surface area contributed by atoms with Crippen LogP contribution < -0.4 is 11.1 Å². The number of primary amides is 1. The van der Waals surface area contributed by atoms with Crippen LogP contribution in [-0.2, 0) is 0 Å². The zero-order chi connectivity index (χ0) is 13.8. The lowest BCUT2D eigenvalue weighted by atomic mass is 10.1. The molecule has 0 aliphatic carbocycles. The molecule has 5 heteroatoms. The van der Waals surface area contributed by atoms with Gasteiger partial charge in [-0.05, 0) is 36.4 Å². The number of amides is 1. The molecule has 0 spiro atoms. The van der Waals surface area contributed by atoms with Gasteiger partial charge in [0.1, 0.15) is 0 Å². The summed E-state index contributed by atoms with van der Waals surface area (Å²) in [7, 11) is 0. The van der Waals surface area contributed by atoms with Gasteiger partial charge in [-0.3, -0.25) is 4.79 Å². The highest BCUT2D eigenvalue weighted by molar-refractivity contribution is 9.10. The molecule has 0 aliphatic rings. The van der Waals surface area contributed by atoms with Crippen molar-refractivity contribution in [3.05, 3.63) is 58.1 Å². The number of carbonyl (C=O) groups excluding carboxylic acids is 1. The van der Waals surface area contributed by atoms with Crippen LogP contribution in [-0.4, -0.2) is 5.91 Å². The van der Waals surface area contributed by atoms with Crippen molar-refractivity contribution in [2.45, 2.75) is 0 Å². The van der Waals surface area contributed by atoms with Crippen molar-refractivity contribution in [2.75, 3.05) is 5.32 Å². The average Bonchev–Trinajstić information content (AvgIpc) is 2.38. The number of hydrogen-bond donors (Lipinski definition) is 2. The maximum atomic E-state index is 11.1. The third kappa shape index (κ3) is 3.33. The molecule has 0 unspecified atom stereocenters. The van der Waals surface area contributed by atoms with Gasteiger partial charge in [-0.15, -0.1) is 0 Å². The number of benzene rings is 2. The molecule has 0 aromatic heterocycles. The molecule has 0 heterocycles. The fourth-order valence-electron chi connectivity index (χ4n) is 1.64. The molecule has 2 aromatic rings. The van der Waals surface area contributed by atoms with Crippen LogP contribution in [0.15, 0.2) is 46.9 Å². The number of anilines is 2. The molecule has 2 rings (SSSR count). The minimum atomic E-state index is -0.476. The fourth-order valence-corrected chi connectivity index (χ4v) is 2.14. The molecule has 3 N–H and O–H groups in total. The first-order chi connectivity index (χ1) is 9.08. The summed E-state index contributed by atoms with van der Waals surface area (Å²) in [5.41, 5.74) is 7.70. The number of nitrogens with zero attached hydrogens (tertiary/aromatic N) is 1. The van der Waals surface area contributed by atoms with E-state index >= 15 is 0 Å². The van der Waals surface area contributed by atoms with Crippen molar-refractivity contribution in [1.29, 1.82) is 5.26 Å². The van der Waals surface area contributed by atoms with E-state index in [1.54, 1.807) is 30.3 Å². The van der Waals surface area contributed by atoms with Crippen LogP contribution in [0.1, 0.15) is 15.9 Å². The van der Waals surface area contributed by atoms with Crippen molar-refractivity contribution < 1.29 is 4.79 Å². The van der Waals surface area contributed by atoms with Crippen LogP contribution in [0.2, 0.25) is 0 Å². The normalized spacial score (nSPS) is 9.68. The predicted octanol–water partition coefficient (Wildman–Crippen LogP) is 3.16. The van der Waals surface area contributed by atoms with Gasteiger partial charge in [-0.2, -0.15) is 5.26 Å². The zero-order valence-electron chi connectivity index (χ0n) is 9.85.